The van der Waals surface area contributed by atoms with E-state index in [0.29, 0.717) is 71.1 Å². The molecule has 3 amide bonds. The first-order chi connectivity index (χ1) is 21.8. The van der Waals surface area contributed by atoms with Gasteiger partial charge in [0.05, 0.1) is 58.7 Å². The highest BCUT2D eigenvalue weighted by Gasteiger charge is 2.21. The molecule has 13 heteroatoms. The molecule has 13 nitrogen and oxygen atoms in total. The smallest absolute Gasteiger partial charge is 0.308 e. The fourth-order valence-electron chi connectivity index (χ4n) is 3.68. The minimum absolute atomic E-state index is 0.0848. The number of amides is 3. The summed E-state index contributed by atoms with van der Waals surface area (Å²) < 4.78 is 26.9. The number of nitrogens with one attached hydrogen (secondary N) is 3. The van der Waals surface area contributed by atoms with Gasteiger partial charge in [0.2, 0.25) is 17.7 Å². The lowest BCUT2D eigenvalue weighted by Gasteiger charge is -2.19. The molecule has 1 rings (SSSR count). The number of hydrogen-bond donors (Lipinski definition) is 4. The average molecular weight is 639 g/mol. The summed E-state index contributed by atoms with van der Waals surface area (Å²) >= 11 is 0. The minimum atomic E-state index is -0.805. The van der Waals surface area contributed by atoms with Crippen molar-refractivity contribution in [3.8, 4) is 0 Å². The first-order valence-corrected chi connectivity index (χ1v) is 15.9. The lowest BCUT2D eigenvalue weighted by atomic mass is 10.1. The Balaban J connectivity index is 2.28. The van der Waals surface area contributed by atoms with E-state index in [2.05, 4.69) is 22.9 Å². The van der Waals surface area contributed by atoms with E-state index >= 15 is 0 Å². The molecule has 1 atom stereocenters. The van der Waals surface area contributed by atoms with E-state index in [9.17, 15) is 19.2 Å². The third-order valence-corrected chi connectivity index (χ3v) is 6.35. The van der Waals surface area contributed by atoms with Crippen LogP contribution in [-0.2, 0) is 49.5 Å². The Morgan fingerprint density at radius 1 is 0.778 bits per heavy atom. The Labute approximate surface area is 267 Å². The van der Waals surface area contributed by atoms with E-state index in [1.54, 1.807) is 38.1 Å². The highest BCUT2D eigenvalue weighted by molar-refractivity contribution is 5.97. The predicted molar refractivity (Wildman–Crippen MR) is 170 cm³/mol. The van der Waals surface area contributed by atoms with Crippen molar-refractivity contribution in [2.45, 2.75) is 71.9 Å². The maximum absolute atomic E-state index is 13.0. The quantitative estimate of drug-likeness (QED) is 0.0826. The lowest BCUT2D eigenvalue weighted by molar-refractivity contribution is -0.148. The molecule has 1 unspecified atom stereocenters. The third kappa shape index (κ3) is 21.3. The van der Waals surface area contributed by atoms with E-state index in [0.717, 1.165) is 25.0 Å². The van der Waals surface area contributed by atoms with Gasteiger partial charge in [-0.1, -0.05) is 39.3 Å². The maximum Gasteiger partial charge on any atom is 0.308 e. The number of benzene rings is 1. The van der Waals surface area contributed by atoms with Gasteiger partial charge < -0.3 is 45.4 Å². The Morgan fingerprint density at radius 2 is 1.38 bits per heavy atom. The summed E-state index contributed by atoms with van der Waals surface area (Å²) in [6.45, 7) is 9.68. The van der Waals surface area contributed by atoms with Gasteiger partial charge in [0.25, 0.3) is 0 Å². The maximum atomic E-state index is 13.0. The summed E-state index contributed by atoms with van der Waals surface area (Å²) in [7, 11) is 0. The highest BCUT2D eigenvalue weighted by Crippen LogP contribution is 2.13. The molecule has 5 N–H and O–H groups in total. The van der Waals surface area contributed by atoms with Gasteiger partial charge in [0.15, 0.2) is 0 Å². The fraction of sp³-hybridized carbons (Fsp3) is 0.688. The second kappa shape index (κ2) is 26.1. The van der Waals surface area contributed by atoms with Gasteiger partial charge >= 0.3 is 5.97 Å². The normalized spacial score (nSPS) is 11.7. The zero-order valence-electron chi connectivity index (χ0n) is 27.2. The zero-order chi connectivity index (χ0) is 33.1. The number of esters is 1. The fourth-order valence-corrected chi connectivity index (χ4v) is 3.68. The van der Waals surface area contributed by atoms with Crippen molar-refractivity contribution in [3.63, 3.8) is 0 Å². The number of ether oxygens (including phenoxy) is 5. The van der Waals surface area contributed by atoms with Gasteiger partial charge in [-0.2, -0.15) is 0 Å². The van der Waals surface area contributed by atoms with Crippen LogP contribution in [0.15, 0.2) is 24.3 Å². The number of hydrogen-bond acceptors (Lipinski definition) is 10. The number of carbonyl (C=O) groups is 4. The van der Waals surface area contributed by atoms with Crippen LogP contribution in [0.5, 0.6) is 0 Å². The molecule has 0 aromatic heterocycles. The second-order valence-electron chi connectivity index (χ2n) is 10.7. The number of unbranched alkanes of at least 4 members (excludes halogenated alkanes) is 2. The van der Waals surface area contributed by atoms with Crippen molar-refractivity contribution in [3.05, 3.63) is 29.8 Å². The van der Waals surface area contributed by atoms with Crippen LogP contribution in [0, 0.1) is 5.92 Å². The molecule has 0 aliphatic carbocycles. The molecule has 0 saturated carbocycles. The first kappa shape index (κ1) is 39.9. The van der Waals surface area contributed by atoms with Crippen LogP contribution < -0.4 is 21.7 Å². The molecule has 256 valence electrons. The Bertz CT molecular complexity index is 960. The van der Waals surface area contributed by atoms with Gasteiger partial charge in [0, 0.05) is 18.7 Å². The van der Waals surface area contributed by atoms with Crippen LogP contribution in [0.4, 0.5) is 5.69 Å². The summed E-state index contributed by atoms with van der Waals surface area (Å²) in [4.78, 5) is 49.3. The molecule has 0 bridgehead atoms. The lowest BCUT2D eigenvalue weighted by Crippen LogP contribution is -2.47. The van der Waals surface area contributed by atoms with Crippen LogP contribution >= 0.6 is 0 Å². The van der Waals surface area contributed by atoms with Crippen LogP contribution in [-0.4, -0.2) is 95.7 Å². The molecule has 0 spiro atoms. The largest absolute Gasteiger partial charge is 0.461 e. The molecular formula is C32H54N4O9. The second-order valence-corrected chi connectivity index (χ2v) is 10.7. The summed E-state index contributed by atoms with van der Waals surface area (Å²) in [6, 6.07) is 6.10. The van der Waals surface area contributed by atoms with E-state index in [4.69, 9.17) is 29.4 Å². The molecule has 1 aromatic rings. The van der Waals surface area contributed by atoms with Crippen molar-refractivity contribution in [1.29, 1.82) is 0 Å². The summed E-state index contributed by atoms with van der Waals surface area (Å²) in [5, 5.41) is 8.04. The minimum Gasteiger partial charge on any atom is -0.461 e. The molecule has 0 fully saturated rings. The van der Waals surface area contributed by atoms with E-state index < -0.39 is 11.9 Å². The monoisotopic (exact) mass is 638 g/mol. The van der Waals surface area contributed by atoms with E-state index in [1.807, 2.05) is 0 Å². The standard InChI is InChI=1S/C32H54N4O9/c1-4-5-15-41-17-19-43-21-22-44-20-18-42-16-13-29(37)34-23-30(38)36-28(8-6-7-14-33)31(39)35-27-11-9-26(10-12-27)24-45-32(40)25(2)3/h9-12,25,28H,4-8,13-24,33H2,1-3H3,(H,34,37)(H,35,39)(H,36,38). The van der Waals surface area contributed by atoms with Crippen LogP contribution in [0.25, 0.3) is 0 Å². The molecular weight excluding hydrogens is 584 g/mol. The summed E-state index contributed by atoms with van der Waals surface area (Å²) in [5.74, 6) is -1.71. The Hall–Kier alpha value is -3.10. The van der Waals surface area contributed by atoms with E-state index in [1.165, 1.54) is 0 Å². The topological polar surface area (TPSA) is 177 Å². The van der Waals surface area contributed by atoms with Gasteiger partial charge in [-0.15, -0.1) is 0 Å². The molecule has 0 saturated heterocycles. The third-order valence-electron chi connectivity index (χ3n) is 6.35. The van der Waals surface area contributed by atoms with Crippen LogP contribution in [0.3, 0.4) is 0 Å². The summed E-state index contributed by atoms with van der Waals surface area (Å²) in [5.41, 5.74) is 6.91. The molecule has 0 aliphatic rings. The van der Waals surface area contributed by atoms with Crippen LogP contribution in [0.2, 0.25) is 0 Å². The van der Waals surface area contributed by atoms with Crippen molar-refractivity contribution in [2.75, 3.05) is 71.3 Å². The predicted octanol–water partition coefficient (Wildman–Crippen LogP) is 2.31. The van der Waals surface area contributed by atoms with Crippen molar-refractivity contribution >= 4 is 29.4 Å². The van der Waals surface area contributed by atoms with Gasteiger partial charge in [-0.25, -0.2) is 0 Å². The van der Waals surface area contributed by atoms with Gasteiger partial charge in [0.1, 0.15) is 12.6 Å². The van der Waals surface area contributed by atoms with Crippen LogP contribution in [0.1, 0.15) is 64.9 Å². The number of anilines is 1. The molecule has 0 heterocycles. The van der Waals surface area contributed by atoms with Crippen molar-refractivity contribution in [2.24, 2.45) is 11.7 Å². The molecule has 0 aliphatic heterocycles. The average Bonchev–Trinajstić information content (AvgIpc) is 3.03. The molecule has 0 radical (unpaired) electrons. The Morgan fingerprint density at radius 3 is 1.96 bits per heavy atom. The van der Waals surface area contributed by atoms with E-state index in [-0.39, 0.29) is 49.9 Å². The summed E-state index contributed by atoms with van der Waals surface area (Å²) in [6.07, 6.45) is 3.98. The van der Waals surface area contributed by atoms with Crippen molar-refractivity contribution in [1.82, 2.24) is 10.6 Å². The molecule has 1 aromatic carbocycles. The SMILES string of the molecule is CCCCOCCOCCOCCOCCC(=O)NCC(=O)NC(CCCCN)C(=O)Nc1ccc(COC(=O)C(C)C)cc1. The van der Waals surface area contributed by atoms with Gasteiger partial charge in [-0.3, -0.25) is 19.2 Å². The number of nitrogens with two attached hydrogens (primary N) is 1. The molecule has 45 heavy (non-hydrogen) atoms. The van der Waals surface area contributed by atoms with Gasteiger partial charge in [-0.05, 0) is 49.9 Å². The number of carbonyl (C=O) groups excluding carboxylic acids is 4. The van der Waals surface area contributed by atoms with Crippen molar-refractivity contribution < 1.29 is 42.9 Å². The zero-order valence-corrected chi connectivity index (χ0v) is 27.2. The number of rotatable bonds is 27. The highest BCUT2D eigenvalue weighted by atomic mass is 16.6. The first-order valence-electron chi connectivity index (χ1n) is 15.9. The Kier molecular flexibility index (Phi) is 23.2.